The highest BCUT2D eigenvalue weighted by atomic mass is 32.2. The minimum absolute atomic E-state index is 0.106. The first-order chi connectivity index (χ1) is 10.7. The quantitative estimate of drug-likeness (QED) is 0.823. The van der Waals surface area contributed by atoms with Crippen LogP contribution in [0.15, 0.2) is 24.3 Å². The molecular weight excluding hydrogens is 318 g/mol. The fourth-order valence-corrected chi connectivity index (χ4v) is 4.36. The molecule has 0 saturated carbocycles. The average Bonchev–Trinajstić information content (AvgIpc) is 2.78. The number of anilines is 2. The van der Waals surface area contributed by atoms with Crippen LogP contribution in [0.4, 0.5) is 11.4 Å². The zero-order valence-corrected chi connectivity index (χ0v) is 14.0. The van der Waals surface area contributed by atoms with E-state index in [1.54, 1.807) is 36.2 Å². The molecule has 0 aromatic heterocycles. The van der Waals surface area contributed by atoms with Gasteiger partial charge in [0.15, 0.2) is 9.84 Å². The third-order valence-electron chi connectivity index (χ3n) is 3.69. The lowest BCUT2D eigenvalue weighted by Crippen LogP contribution is -2.38. The minimum Gasteiger partial charge on any atom is -0.326 e. The summed E-state index contributed by atoms with van der Waals surface area (Å²) in [6.45, 7) is 1.53. The maximum absolute atomic E-state index is 12.1. The van der Waals surface area contributed by atoms with E-state index in [4.69, 9.17) is 0 Å². The molecule has 1 aromatic rings. The topological polar surface area (TPSA) is 95.6 Å². The second-order valence-electron chi connectivity index (χ2n) is 5.78. The summed E-state index contributed by atoms with van der Waals surface area (Å²) in [6.07, 6.45) is 0.560. The van der Waals surface area contributed by atoms with E-state index in [2.05, 4.69) is 10.6 Å². The van der Waals surface area contributed by atoms with Gasteiger partial charge in [0.05, 0.1) is 18.1 Å². The number of nitrogens with one attached hydrogen (secondary N) is 2. The number of hydrogen-bond acceptors (Lipinski definition) is 5. The van der Waals surface area contributed by atoms with Crippen molar-refractivity contribution >= 4 is 33.0 Å². The van der Waals surface area contributed by atoms with E-state index < -0.39 is 9.84 Å². The maximum Gasteiger partial charge on any atom is 0.238 e. The molecule has 0 bridgehead atoms. The van der Waals surface area contributed by atoms with E-state index in [0.29, 0.717) is 17.8 Å². The molecule has 0 spiro atoms. The van der Waals surface area contributed by atoms with Crippen LogP contribution in [0.1, 0.15) is 13.3 Å². The monoisotopic (exact) mass is 339 g/mol. The van der Waals surface area contributed by atoms with Crippen LogP contribution in [0.3, 0.4) is 0 Å². The second-order valence-corrected chi connectivity index (χ2v) is 8.01. The second kappa shape index (κ2) is 7.10. The Bertz CT molecular complexity index is 702. The Hall–Kier alpha value is -1.93. The fraction of sp³-hybridized carbons (Fsp3) is 0.467. The summed E-state index contributed by atoms with van der Waals surface area (Å²) in [4.78, 5) is 24.9. The number of sulfone groups is 1. The summed E-state index contributed by atoms with van der Waals surface area (Å²) >= 11 is 0. The van der Waals surface area contributed by atoms with Gasteiger partial charge in [-0.25, -0.2) is 8.42 Å². The molecule has 1 aliphatic heterocycles. The van der Waals surface area contributed by atoms with Gasteiger partial charge in [-0.05, 0) is 31.7 Å². The van der Waals surface area contributed by atoms with E-state index in [1.165, 1.54) is 6.92 Å². The molecule has 1 fully saturated rings. The SMILES string of the molecule is CC(=O)Nc1cccc(NC(=O)CN(C)C2CCS(=O)(=O)C2)c1. The summed E-state index contributed by atoms with van der Waals surface area (Å²) < 4.78 is 23.0. The molecule has 1 atom stereocenters. The summed E-state index contributed by atoms with van der Waals surface area (Å²) in [6, 6.07) is 6.74. The molecule has 126 valence electrons. The molecule has 8 heteroatoms. The van der Waals surface area contributed by atoms with Crippen molar-refractivity contribution < 1.29 is 18.0 Å². The van der Waals surface area contributed by atoms with Crippen molar-refractivity contribution in [1.82, 2.24) is 4.90 Å². The molecule has 23 heavy (non-hydrogen) atoms. The number of hydrogen-bond donors (Lipinski definition) is 2. The van der Waals surface area contributed by atoms with E-state index >= 15 is 0 Å². The number of carbonyl (C=O) groups is 2. The summed E-state index contributed by atoms with van der Waals surface area (Å²) in [5, 5.41) is 5.39. The lowest BCUT2D eigenvalue weighted by Gasteiger charge is -2.22. The van der Waals surface area contributed by atoms with Crippen molar-refractivity contribution in [3.8, 4) is 0 Å². The zero-order chi connectivity index (χ0) is 17.0. The predicted molar refractivity (Wildman–Crippen MR) is 89.1 cm³/mol. The van der Waals surface area contributed by atoms with Crippen molar-refractivity contribution in [2.45, 2.75) is 19.4 Å². The highest BCUT2D eigenvalue weighted by Gasteiger charge is 2.31. The molecule has 1 aromatic carbocycles. The first-order valence-electron chi connectivity index (χ1n) is 7.33. The third-order valence-corrected chi connectivity index (χ3v) is 5.44. The molecular formula is C15H21N3O4S. The number of rotatable bonds is 5. The molecule has 2 amide bonds. The van der Waals surface area contributed by atoms with Crippen LogP contribution in [-0.4, -0.2) is 56.3 Å². The Morgan fingerprint density at radius 3 is 2.48 bits per heavy atom. The zero-order valence-electron chi connectivity index (χ0n) is 13.2. The highest BCUT2D eigenvalue weighted by molar-refractivity contribution is 7.91. The number of amides is 2. The fourth-order valence-electron chi connectivity index (χ4n) is 2.56. The van der Waals surface area contributed by atoms with E-state index in [-0.39, 0.29) is 35.9 Å². The van der Waals surface area contributed by atoms with Crippen LogP contribution in [0.2, 0.25) is 0 Å². The smallest absolute Gasteiger partial charge is 0.238 e. The van der Waals surface area contributed by atoms with Gasteiger partial charge in [-0.15, -0.1) is 0 Å². The summed E-state index contributed by atoms with van der Waals surface area (Å²) in [5.41, 5.74) is 1.18. The van der Waals surface area contributed by atoms with Gasteiger partial charge in [-0.3, -0.25) is 14.5 Å². The number of likely N-dealkylation sites (N-methyl/N-ethyl adjacent to an activating group) is 1. The van der Waals surface area contributed by atoms with Crippen molar-refractivity contribution in [3.63, 3.8) is 0 Å². The van der Waals surface area contributed by atoms with Gasteiger partial charge < -0.3 is 10.6 Å². The van der Waals surface area contributed by atoms with Crippen molar-refractivity contribution in [3.05, 3.63) is 24.3 Å². The molecule has 1 aliphatic rings. The van der Waals surface area contributed by atoms with E-state index in [0.717, 1.165) is 0 Å². The standard InChI is InChI=1S/C15H21N3O4S/c1-11(19)16-12-4-3-5-13(8-12)17-15(20)9-18(2)14-6-7-23(21,22)10-14/h3-5,8,14H,6-7,9-10H2,1-2H3,(H,16,19)(H,17,20). The molecule has 1 saturated heterocycles. The van der Waals surface area contributed by atoms with Crippen molar-refractivity contribution in [2.75, 3.05) is 35.7 Å². The Labute approximate surface area is 136 Å². The maximum atomic E-state index is 12.1. The molecule has 2 N–H and O–H groups in total. The van der Waals surface area contributed by atoms with Gasteiger partial charge in [0.25, 0.3) is 0 Å². The molecule has 2 rings (SSSR count). The van der Waals surface area contributed by atoms with Gasteiger partial charge >= 0.3 is 0 Å². The van der Waals surface area contributed by atoms with E-state index in [9.17, 15) is 18.0 Å². The van der Waals surface area contributed by atoms with Crippen LogP contribution in [0.5, 0.6) is 0 Å². The van der Waals surface area contributed by atoms with Crippen LogP contribution in [0.25, 0.3) is 0 Å². The Balaban J connectivity index is 1.90. The first-order valence-corrected chi connectivity index (χ1v) is 9.15. The highest BCUT2D eigenvalue weighted by Crippen LogP contribution is 2.17. The van der Waals surface area contributed by atoms with Crippen LogP contribution in [0, 0.1) is 0 Å². The predicted octanol–water partition coefficient (Wildman–Crippen LogP) is 0.702. The number of benzene rings is 1. The lowest BCUT2D eigenvalue weighted by atomic mass is 10.2. The average molecular weight is 339 g/mol. The third kappa shape index (κ3) is 5.33. The van der Waals surface area contributed by atoms with Crippen molar-refractivity contribution in [2.24, 2.45) is 0 Å². The molecule has 1 unspecified atom stereocenters. The van der Waals surface area contributed by atoms with E-state index in [1.807, 2.05) is 0 Å². The summed E-state index contributed by atoms with van der Waals surface area (Å²) in [5.74, 6) is -0.121. The van der Waals surface area contributed by atoms with Gasteiger partial charge in [0.2, 0.25) is 11.8 Å². The van der Waals surface area contributed by atoms with Gasteiger partial charge in [-0.1, -0.05) is 6.07 Å². The molecule has 7 nitrogen and oxygen atoms in total. The minimum atomic E-state index is -2.97. The Morgan fingerprint density at radius 1 is 1.26 bits per heavy atom. The Morgan fingerprint density at radius 2 is 1.91 bits per heavy atom. The normalized spacial score (nSPS) is 19.5. The number of carbonyl (C=O) groups excluding carboxylic acids is 2. The Kier molecular flexibility index (Phi) is 5.38. The molecule has 0 aliphatic carbocycles. The molecule has 0 radical (unpaired) electrons. The van der Waals surface area contributed by atoms with Gasteiger partial charge in [0, 0.05) is 24.3 Å². The van der Waals surface area contributed by atoms with Crippen LogP contribution in [-0.2, 0) is 19.4 Å². The summed E-state index contributed by atoms with van der Waals surface area (Å²) in [7, 11) is -1.22. The van der Waals surface area contributed by atoms with Gasteiger partial charge in [0.1, 0.15) is 0 Å². The van der Waals surface area contributed by atoms with Gasteiger partial charge in [-0.2, -0.15) is 0 Å². The largest absolute Gasteiger partial charge is 0.326 e. The van der Waals surface area contributed by atoms with Crippen LogP contribution >= 0.6 is 0 Å². The molecule has 1 heterocycles. The first kappa shape index (κ1) is 17.4. The number of nitrogens with zero attached hydrogens (tertiary/aromatic N) is 1. The lowest BCUT2D eigenvalue weighted by molar-refractivity contribution is -0.117. The van der Waals surface area contributed by atoms with Crippen molar-refractivity contribution in [1.29, 1.82) is 0 Å². The van der Waals surface area contributed by atoms with Crippen LogP contribution < -0.4 is 10.6 Å².